The molecule has 1 unspecified atom stereocenters. The quantitative estimate of drug-likeness (QED) is 0.367. The monoisotopic (exact) mass is 456 g/mol. The number of likely N-dealkylation sites (tertiary alicyclic amines) is 1. The summed E-state index contributed by atoms with van der Waals surface area (Å²) in [4.78, 5) is 29.8. The van der Waals surface area contributed by atoms with Crippen molar-refractivity contribution >= 4 is 17.4 Å². The number of aliphatic hydroxyl groups excluding tert-OH is 1. The van der Waals surface area contributed by atoms with Crippen molar-refractivity contribution in [3.05, 3.63) is 53.5 Å². The van der Waals surface area contributed by atoms with Gasteiger partial charge < -0.3 is 28.6 Å². The molecule has 2 fully saturated rings. The number of ether oxygens (including phenoxy) is 3. The van der Waals surface area contributed by atoms with Crippen LogP contribution in [0.3, 0.4) is 0 Å². The lowest BCUT2D eigenvalue weighted by atomic mass is 9.98. The van der Waals surface area contributed by atoms with Crippen molar-refractivity contribution in [2.45, 2.75) is 12.5 Å². The number of morpholine rings is 1. The number of aliphatic hydroxyl groups is 1. The lowest BCUT2D eigenvalue weighted by Crippen LogP contribution is -2.38. The Morgan fingerprint density at radius 3 is 2.58 bits per heavy atom. The molecule has 0 saturated carbocycles. The average molecular weight is 456 g/mol. The minimum absolute atomic E-state index is 0.0233. The highest BCUT2D eigenvalue weighted by atomic mass is 16.5. The van der Waals surface area contributed by atoms with Crippen LogP contribution < -0.4 is 9.47 Å². The van der Waals surface area contributed by atoms with Gasteiger partial charge in [-0.3, -0.25) is 14.5 Å². The van der Waals surface area contributed by atoms with Crippen molar-refractivity contribution in [1.29, 1.82) is 0 Å². The lowest BCUT2D eigenvalue weighted by molar-refractivity contribution is -0.140. The van der Waals surface area contributed by atoms with Crippen molar-refractivity contribution in [1.82, 2.24) is 9.80 Å². The summed E-state index contributed by atoms with van der Waals surface area (Å²) in [6, 6.07) is 7.42. The molecule has 2 aromatic rings. The molecule has 2 aliphatic rings. The number of ketones is 1. The van der Waals surface area contributed by atoms with Crippen LogP contribution in [0.2, 0.25) is 0 Å². The molecule has 33 heavy (non-hydrogen) atoms. The van der Waals surface area contributed by atoms with Crippen molar-refractivity contribution in [2.75, 3.05) is 53.6 Å². The molecule has 9 heteroatoms. The van der Waals surface area contributed by atoms with E-state index in [1.165, 1.54) is 25.4 Å². The van der Waals surface area contributed by atoms with Gasteiger partial charge in [0.1, 0.15) is 29.1 Å². The van der Waals surface area contributed by atoms with E-state index in [4.69, 9.17) is 18.6 Å². The SMILES string of the molecule is COc1ccc(C(O)=C2C(=O)C(=O)N(CCCN3CCOCC3)C2c2ccco2)c(OC)c1. The number of hydrogen-bond donors (Lipinski definition) is 1. The molecule has 4 rings (SSSR count). The van der Waals surface area contributed by atoms with Crippen LogP contribution in [0.5, 0.6) is 11.5 Å². The van der Waals surface area contributed by atoms with Gasteiger partial charge in [-0.05, 0) is 30.7 Å². The molecule has 1 amide bonds. The predicted molar refractivity (Wildman–Crippen MR) is 119 cm³/mol. The maximum Gasteiger partial charge on any atom is 0.295 e. The topological polar surface area (TPSA) is 102 Å². The number of carbonyl (C=O) groups is 2. The molecule has 0 aliphatic carbocycles. The zero-order chi connectivity index (χ0) is 23.4. The zero-order valence-corrected chi connectivity index (χ0v) is 18.8. The van der Waals surface area contributed by atoms with E-state index in [-0.39, 0.29) is 11.3 Å². The first-order valence-corrected chi connectivity index (χ1v) is 10.9. The first-order chi connectivity index (χ1) is 16.0. The number of rotatable bonds is 8. The average Bonchev–Trinajstić information content (AvgIpc) is 3.46. The van der Waals surface area contributed by atoms with E-state index < -0.39 is 17.7 Å². The number of methoxy groups -OCH3 is 2. The second-order valence-electron chi connectivity index (χ2n) is 7.88. The van der Waals surface area contributed by atoms with E-state index in [0.717, 1.165) is 19.6 Å². The third kappa shape index (κ3) is 4.60. The summed E-state index contributed by atoms with van der Waals surface area (Å²) < 4.78 is 21.6. The minimum Gasteiger partial charge on any atom is -0.507 e. The molecule has 1 atom stereocenters. The van der Waals surface area contributed by atoms with E-state index in [1.54, 1.807) is 30.3 Å². The Morgan fingerprint density at radius 2 is 1.91 bits per heavy atom. The normalized spacial score (nSPS) is 20.9. The van der Waals surface area contributed by atoms with Crippen molar-refractivity contribution in [3.63, 3.8) is 0 Å². The summed E-state index contributed by atoms with van der Waals surface area (Å²) in [5.74, 6) is -0.455. The summed E-state index contributed by atoms with van der Waals surface area (Å²) in [5, 5.41) is 11.2. The Kier molecular flexibility index (Phi) is 7.00. The Balaban J connectivity index is 1.66. The highest BCUT2D eigenvalue weighted by molar-refractivity contribution is 6.46. The van der Waals surface area contributed by atoms with E-state index in [0.29, 0.717) is 49.0 Å². The van der Waals surface area contributed by atoms with Gasteiger partial charge in [0.2, 0.25) is 0 Å². The number of Topliss-reactive ketones (excluding diaryl/α,β-unsaturated/α-hetero) is 1. The Hall–Kier alpha value is -3.30. The van der Waals surface area contributed by atoms with Gasteiger partial charge in [-0.15, -0.1) is 0 Å². The van der Waals surface area contributed by atoms with Crippen LogP contribution in [0.4, 0.5) is 0 Å². The third-order valence-corrected chi connectivity index (χ3v) is 5.99. The van der Waals surface area contributed by atoms with Crippen LogP contribution >= 0.6 is 0 Å². The Morgan fingerprint density at radius 1 is 1.12 bits per heavy atom. The van der Waals surface area contributed by atoms with Crippen molar-refractivity contribution in [3.8, 4) is 11.5 Å². The Labute approximate surface area is 192 Å². The fourth-order valence-corrected chi connectivity index (χ4v) is 4.28. The number of furan rings is 1. The highest BCUT2D eigenvalue weighted by Gasteiger charge is 2.47. The van der Waals surface area contributed by atoms with E-state index in [9.17, 15) is 14.7 Å². The molecule has 3 heterocycles. The van der Waals surface area contributed by atoms with Crippen LogP contribution in [0.25, 0.3) is 5.76 Å². The first kappa shape index (κ1) is 22.9. The van der Waals surface area contributed by atoms with Gasteiger partial charge >= 0.3 is 0 Å². The van der Waals surface area contributed by atoms with E-state index >= 15 is 0 Å². The van der Waals surface area contributed by atoms with E-state index in [1.807, 2.05) is 0 Å². The lowest BCUT2D eigenvalue weighted by Gasteiger charge is -2.28. The molecule has 0 radical (unpaired) electrons. The van der Waals surface area contributed by atoms with Crippen LogP contribution in [0.15, 0.2) is 46.6 Å². The molecule has 2 saturated heterocycles. The molecule has 2 aliphatic heterocycles. The molecule has 1 N–H and O–H groups in total. The molecule has 0 spiro atoms. The number of benzene rings is 1. The first-order valence-electron chi connectivity index (χ1n) is 10.9. The fourth-order valence-electron chi connectivity index (χ4n) is 4.28. The number of amides is 1. The van der Waals surface area contributed by atoms with Gasteiger partial charge in [-0.25, -0.2) is 0 Å². The second-order valence-corrected chi connectivity index (χ2v) is 7.88. The summed E-state index contributed by atoms with van der Waals surface area (Å²) >= 11 is 0. The van der Waals surface area contributed by atoms with Gasteiger partial charge in [0, 0.05) is 32.2 Å². The largest absolute Gasteiger partial charge is 0.507 e. The van der Waals surface area contributed by atoms with Gasteiger partial charge in [0.05, 0.1) is 44.8 Å². The summed E-state index contributed by atoms with van der Waals surface area (Å²) in [6.07, 6.45) is 2.16. The van der Waals surface area contributed by atoms with Crippen molar-refractivity contribution < 1.29 is 33.3 Å². The van der Waals surface area contributed by atoms with Gasteiger partial charge in [-0.1, -0.05) is 0 Å². The smallest absolute Gasteiger partial charge is 0.295 e. The molecule has 9 nitrogen and oxygen atoms in total. The standard InChI is InChI=1S/C24H28N2O7/c1-30-16-6-7-17(19(15-16)31-2)22(27)20-21(18-5-3-12-33-18)26(24(29)23(20)28)9-4-8-25-10-13-32-14-11-25/h3,5-7,12,15,21,27H,4,8-11,13-14H2,1-2H3. The number of nitrogens with zero attached hydrogens (tertiary/aromatic N) is 2. The summed E-state index contributed by atoms with van der Waals surface area (Å²) in [5.41, 5.74) is 0.269. The highest BCUT2D eigenvalue weighted by Crippen LogP contribution is 2.41. The molecular formula is C24H28N2O7. The third-order valence-electron chi connectivity index (χ3n) is 5.99. The van der Waals surface area contributed by atoms with E-state index in [2.05, 4.69) is 4.90 Å². The Bertz CT molecular complexity index is 1030. The van der Waals surface area contributed by atoms with Crippen LogP contribution in [-0.2, 0) is 14.3 Å². The number of hydrogen-bond acceptors (Lipinski definition) is 8. The van der Waals surface area contributed by atoms with Crippen LogP contribution in [-0.4, -0.2) is 80.2 Å². The zero-order valence-electron chi connectivity index (χ0n) is 18.8. The molecule has 1 aromatic carbocycles. The second kappa shape index (κ2) is 10.1. The molecule has 176 valence electrons. The fraction of sp³-hybridized carbons (Fsp3) is 0.417. The van der Waals surface area contributed by atoms with Crippen LogP contribution in [0.1, 0.15) is 23.8 Å². The maximum absolute atomic E-state index is 13.1. The van der Waals surface area contributed by atoms with Gasteiger partial charge in [0.25, 0.3) is 11.7 Å². The summed E-state index contributed by atoms with van der Waals surface area (Å²) in [6.45, 7) is 4.21. The van der Waals surface area contributed by atoms with Gasteiger partial charge in [0.15, 0.2) is 0 Å². The molecular weight excluding hydrogens is 428 g/mol. The minimum atomic E-state index is -0.823. The van der Waals surface area contributed by atoms with Crippen molar-refractivity contribution in [2.24, 2.45) is 0 Å². The van der Waals surface area contributed by atoms with Gasteiger partial charge in [-0.2, -0.15) is 0 Å². The predicted octanol–water partition coefficient (Wildman–Crippen LogP) is 2.44. The number of carbonyl (C=O) groups excluding carboxylic acids is 2. The van der Waals surface area contributed by atoms with Crippen LogP contribution in [0, 0.1) is 0 Å². The molecule has 0 bridgehead atoms. The summed E-state index contributed by atoms with van der Waals surface area (Å²) in [7, 11) is 2.98. The maximum atomic E-state index is 13.1. The molecule has 1 aromatic heterocycles.